The van der Waals surface area contributed by atoms with Gasteiger partial charge in [0.1, 0.15) is 11.5 Å². The Balaban J connectivity index is 2.09. The van der Waals surface area contributed by atoms with Gasteiger partial charge in [-0.05, 0) is 24.6 Å². The molecule has 2 aliphatic rings. The Hall–Kier alpha value is -2.21. The number of halogens is 1. The number of hydrogen-bond donors (Lipinski definition) is 1. The van der Waals surface area contributed by atoms with Gasteiger partial charge in [0.25, 0.3) is 5.56 Å². The molecular formula is C13H11ClN4O2. The molecular weight excluding hydrogens is 280 g/mol. The zero-order valence-corrected chi connectivity index (χ0v) is 11.4. The van der Waals surface area contributed by atoms with Crippen LogP contribution in [0.5, 0.6) is 0 Å². The van der Waals surface area contributed by atoms with Crippen LogP contribution < -0.4 is 21.5 Å². The van der Waals surface area contributed by atoms with Crippen LogP contribution in [0.25, 0.3) is 0 Å². The molecule has 6 nitrogen and oxygen atoms in total. The quantitative estimate of drug-likeness (QED) is 0.799. The Labute approximate surface area is 118 Å². The first-order valence-electron chi connectivity index (χ1n) is 6.29. The second-order valence-electron chi connectivity index (χ2n) is 5.02. The summed E-state index contributed by atoms with van der Waals surface area (Å²) in [6.07, 6.45) is 0. The van der Waals surface area contributed by atoms with Gasteiger partial charge in [-0.3, -0.25) is 9.36 Å². The summed E-state index contributed by atoms with van der Waals surface area (Å²) >= 11 is 5.78. The zero-order valence-electron chi connectivity index (χ0n) is 10.7. The molecule has 102 valence electrons. The van der Waals surface area contributed by atoms with Crippen molar-refractivity contribution in [2.45, 2.75) is 13.5 Å². The van der Waals surface area contributed by atoms with Gasteiger partial charge in [-0.1, -0.05) is 6.07 Å². The maximum atomic E-state index is 12.2. The van der Waals surface area contributed by atoms with Crippen molar-refractivity contribution in [3.63, 3.8) is 0 Å². The first-order chi connectivity index (χ1) is 9.58. The Morgan fingerprint density at radius 1 is 1.25 bits per heavy atom. The average molecular weight is 291 g/mol. The van der Waals surface area contributed by atoms with Crippen molar-refractivity contribution < 1.29 is 0 Å². The minimum Gasteiger partial charge on any atom is -0.346 e. The summed E-state index contributed by atoms with van der Waals surface area (Å²) in [5.41, 5.74) is 2.31. The van der Waals surface area contributed by atoms with Crippen LogP contribution in [0.4, 0.5) is 22.9 Å². The molecule has 0 atom stereocenters. The molecule has 1 aromatic carbocycles. The Morgan fingerprint density at radius 2 is 2.05 bits per heavy atom. The van der Waals surface area contributed by atoms with Gasteiger partial charge in [0, 0.05) is 24.9 Å². The Kier molecular flexibility index (Phi) is 2.13. The van der Waals surface area contributed by atoms with Crippen molar-refractivity contribution >= 4 is 34.7 Å². The molecule has 20 heavy (non-hydrogen) atoms. The van der Waals surface area contributed by atoms with Crippen LogP contribution in [0.15, 0.2) is 27.8 Å². The highest BCUT2D eigenvalue weighted by molar-refractivity contribution is 6.15. The second kappa shape index (κ2) is 3.67. The van der Waals surface area contributed by atoms with Gasteiger partial charge in [0.2, 0.25) is 0 Å². The van der Waals surface area contributed by atoms with E-state index in [0.717, 1.165) is 16.9 Å². The standard InChI is InChI=1S/C13H11ClN4O2/c1-7-2-3-8-9(6-7)16-4-5-17-11(16)10(15-8)12(19)18(14)13(17)20/h2-3,6,15H,4-5H2,1H3. The highest BCUT2D eigenvalue weighted by Crippen LogP contribution is 2.43. The highest BCUT2D eigenvalue weighted by atomic mass is 35.5. The van der Waals surface area contributed by atoms with Gasteiger partial charge in [-0.2, -0.15) is 4.09 Å². The summed E-state index contributed by atoms with van der Waals surface area (Å²) < 4.78 is 2.16. The van der Waals surface area contributed by atoms with Crippen LogP contribution in [0, 0.1) is 6.92 Å². The van der Waals surface area contributed by atoms with Crippen LogP contribution in [0.1, 0.15) is 5.56 Å². The minimum absolute atomic E-state index is 0.355. The molecule has 2 aromatic rings. The number of nitrogens with zero attached hydrogens (tertiary/aromatic N) is 3. The number of hydrogen-bond acceptors (Lipinski definition) is 4. The monoisotopic (exact) mass is 290 g/mol. The van der Waals surface area contributed by atoms with Crippen molar-refractivity contribution in [1.29, 1.82) is 0 Å². The molecule has 1 aromatic heterocycles. The van der Waals surface area contributed by atoms with Gasteiger partial charge >= 0.3 is 5.69 Å². The molecule has 0 fully saturated rings. The number of aryl methyl sites for hydroxylation is 1. The summed E-state index contributed by atoms with van der Waals surface area (Å²) in [6, 6.07) is 5.94. The van der Waals surface area contributed by atoms with E-state index in [1.54, 1.807) is 0 Å². The van der Waals surface area contributed by atoms with E-state index in [2.05, 4.69) is 5.32 Å². The van der Waals surface area contributed by atoms with Gasteiger partial charge < -0.3 is 10.2 Å². The normalized spacial score (nSPS) is 14.8. The molecule has 4 rings (SSSR count). The molecule has 7 heteroatoms. The Morgan fingerprint density at radius 3 is 2.85 bits per heavy atom. The van der Waals surface area contributed by atoms with Crippen molar-refractivity contribution in [2.75, 3.05) is 16.8 Å². The fourth-order valence-corrected chi connectivity index (χ4v) is 3.03. The van der Waals surface area contributed by atoms with Crippen molar-refractivity contribution in [3.8, 4) is 0 Å². The number of anilines is 4. The molecule has 2 aliphatic heterocycles. The fourth-order valence-electron chi connectivity index (χ4n) is 2.85. The third kappa shape index (κ3) is 1.29. The summed E-state index contributed by atoms with van der Waals surface area (Å²) in [5, 5.41) is 3.10. The van der Waals surface area contributed by atoms with Gasteiger partial charge in [0.05, 0.1) is 11.4 Å². The second-order valence-corrected chi connectivity index (χ2v) is 5.35. The number of nitrogens with one attached hydrogen (secondary N) is 1. The molecule has 0 saturated carbocycles. The molecule has 0 radical (unpaired) electrons. The van der Waals surface area contributed by atoms with E-state index >= 15 is 0 Å². The first-order valence-corrected chi connectivity index (χ1v) is 6.63. The molecule has 0 spiro atoms. The highest BCUT2D eigenvalue weighted by Gasteiger charge is 2.33. The molecule has 0 bridgehead atoms. The predicted molar refractivity (Wildman–Crippen MR) is 77.7 cm³/mol. The smallest absolute Gasteiger partial charge is 0.346 e. The zero-order chi connectivity index (χ0) is 14.0. The predicted octanol–water partition coefficient (Wildman–Crippen LogP) is 1.53. The van der Waals surface area contributed by atoms with Gasteiger partial charge in [0.15, 0.2) is 0 Å². The maximum Gasteiger partial charge on any atom is 0.347 e. The summed E-state index contributed by atoms with van der Waals surface area (Å²) in [5.74, 6) is 0.606. The van der Waals surface area contributed by atoms with Crippen molar-refractivity contribution in [2.24, 2.45) is 0 Å². The lowest BCUT2D eigenvalue weighted by Crippen LogP contribution is -2.37. The third-order valence-electron chi connectivity index (χ3n) is 3.78. The largest absolute Gasteiger partial charge is 0.347 e. The minimum atomic E-state index is -0.513. The van der Waals surface area contributed by atoms with Crippen molar-refractivity contribution in [3.05, 3.63) is 44.6 Å². The molecule has 0 unspecified atom stereocenters. The van der Waals surface area contributed by atoms with Crippen LogP contribution in [-0.4, -0.2) is 15.2 Å². The number of fused-ring (bicyclic) bond motifs is 2. The van der Waals surface area contributed by atoms with E-state index in [9.17, 15) is 9.59 Å². The lowest BCUT2D eigenvalue weighted by atomic mass is 10.1. The van der Waals surface area contributed by atoms with Crippen LogP contribution in [-0.2, 0) is 6.54 Å². The molecule has 0 saturated heterocycles. The van der Waals surface area contributed by atoms with Crippen molar-refractivity contribution in [1.82, 2.24) is 8.65 Å². The van der Waals surface area contributed by atoms with Crippen LogP contribution in [0.2, 0.25) is 0 Å². The van der Waals surface area contributed by atoms with E-state index in [1.165, 1.54) is 4.57 Å². The molecule has 1 N–H and O–H groups in total. The lowest BCUT2D eigenvalue weighted by molar-refractivity contribution is 0.721. The summed E-state index contributed by atoms with van der Waals surface area (Å²) in [7, 11) is 0. The van der Waals surface area contributed by atoms with E-state index in [-0.39, 0.29) is 0 Å². The lowest BCUT2D eigenvalue weighted by Gasteiger charge is -2.29. The number of aromatic nitrogens is 2. The Bertz CT molecular complexity index is 868. The van der Waals surface area contributed by atoms with Gasteiger partial charge in [-0.25, -0.2) is 4.79 Å². The van der Waals surface area contributed by atoms with Gasteiger partial charge in [-0.15, -0.1) is 0 Å². The number of rotatable bonds is 0. The summed E-state index contributed by atoms with van der Waals surface area (Å²) in [4.78, 5) is 26.2. The fraction of sp³-hybridized carbons (Fsp3) is 0.231. The van der Waals surface area contributed by atoms with Crippen LogP contribution in [0.3, 0.4) is 0 Å². The molecule has 0 aliphatic carbocycles. The third-order valence-corrected chi connectivity index (χ3v) is 4.07. The topological polar surface area (TPSA) is 59.3 Å². The first kappa shape index (κ1) is 11.6. The molecule has 0 amide bonds. The van der Waals surface area contributed by atoms with Crippen LogP contribution >= 0.6 is 11.8 Å². The van der Waals surface area contributed by atoms with E-state index in [0.29, 0.717) is 28.7 Å². The SMILES string of the molecule is Cc1ccc2c(c1)N1CCn3c1c(c(=O)n(Cl)c3=O)N2. The number of benzene rings is 1. The summed E-state index contributed by atoms with van der Waals surface area (Å²) in [6.45, 7) is 3.18. The maximum absolute atomic E-state index is 12.2. The van der Waals surface area contributed by atoms with E-state index in [1.807, 2.05) is 30.0 Å². The van der Waals surface area contributed by atoms with E-state index in [4.69, 9.17) is 11.8 Å². The van der Waals surface area contributed by atoms with E-state index < -0.39 is 11.2 Å². The average Bonchev–Trinajstić information content (AvgIpc) is 2.88. The molecule has 3 heterocycles.